The van der Waals surface area contributed by atoms with Crippen LogP contribution in [-0.4, -0.2) is 32.4 Å². The van der Waals surface area contributed by atoms with Gasteiger partial charge in [0, 0.05) is 13.1 Å². The SMILES string of the molecule is Cc1ccc(F)cc1S(=O)(=O)N1CCCC(CCN)C1.Cl. The molecule has 21 heavy (non-hydrogen) atoms. The number of nitrogens with zero attached hydrogens (tertiary/aromatic N) is 1. The van der Waals surface area contributed by atoms with E-state index in [9.17, 15) is 12.8 Å². The summed E-state index contributed by atoms with van der Waals surface area (Å²) in [5, 5.41) is 0. The second-order valence-electron chi connectivity index (χ2n) is 5.36. The standard InChI is InChI=1S/C14H21FN2O2S.ClH/c1-11-4-5-13(15)9-14(11)20(18,19)17-8-2-3-12(10-17)6-7-16;/h4-5,9,12H,2-3,6-8,10,16H2,1H3;1H. The maximum absolute atomic E-state index is 13.3. The largest absolute Gasteiger partial charge is 0.330 e. The maximum Gasteiger partial charge on any atom is 0.243 e. The molecular weight excluding hydrogens is 315 g/mol. The molecule has 120 valence electrons. The minimum absolute atomic E-state index is 0. The summed E-state index contributed by atoms with van der Waals surface area (Å²) >= 11 is 0. The van der Waals surface area contributed by atoms with E-state index in [0.29, 0.717) is 31.1 Å². The van der Waals surface area contributed by atoms with E-state index in [1.807, 2.05) is 0 Å². The number of hydrogen-bond acceptors (Lipinski definition) is 3. The van der Waals surface area contributed by atoms with Gasteiger partial charge in [-0.15, -0.1) is 12.4 Å². The molecule has 2 N–H and O–H groups in total. The zero-order valence-electron chi connectivity index (χ0n) is 12.1. The Balaban J connectivity index is 0.00000220. The topological polar surface area (TPSA) is 63.4 Å². The lowest BCUT2D eigenvalue weighted by molar-refractivity contribution is 0.258. The molecule has 1 aliphatic heterocycles. The van der Waals surface area contributed by atoms with E-state index >= 15 is 0 Å². The fourth-order valence-corrected chi connectivity index (χ4v) is 4.50. The Hall–Kier alpha value is -0.690. The minimum Gasteiger partial charge on any atom is -0.330 e. The number of benzene rings is 1. The zero-order valence-corrected chi connectivity index (χ0v) is 13.7. The van der Waals surface area contributed by atoms with Gasteiger partial charge in [0.15, 0.2) is 0 Å². The Kier molecular flexibility index (Phi) is 6.59. The molecule has 2 rings (SSSR count). The zero-order chi connectivity index (χ0) is 14.8. The van der Waals surface area contributed by atoms with Gasteiger partial charge in [-0.1, -0.05) is 6.07 Å². The number of sulfonamides is 1. The van der Waals surface area contributed by atoms with Crippen LogP contribution in [0, 0.1) is 18.7 Å². The molecule has 0 aliphatic carbocycles. The van der Waals surface area contributed by atoms with E-state index in [4.69, 9.17) is 5.73 Å². The van der Waals surface area contributed by atoms with Crippen molar-refractivity contribution in [3.05, 3.63) is 29.6 Å². The highest BCUT2D eigenvalue weighted by Crippen LogP contribution is 2.27. The Morgan fingerprint density at radius 2 is 2.14 bits per heavy atom. The van der Waals surface area contributed by atoms with Gasteiger partial charge in [0.1, 0.15) is 5.82 Å². The van der Waals surface area contributed by atoms with Crippen molar-refractivity contribution in [2.24, 2.45) is 11.7 Å². The van der Waals surface area contributed by atoms with Crippen molar-refractivity contribution in [1.29, 1.82) is 0 Å². The van der Waals surface area contributed by atoms with E-state index in [2.05, 4.69) is 0 Å². The van der Waals surface area contributed by atoms with Crippen LogP contribution in [0.25, 0.3) is 0 Å². The van der Waals surface area contributed by atoms with Crippen LogP contribution in [0.2, 0.25) is 0 Å². The van der Waals surface area contributed by atoms with Gasteiger partial charge in [-0.3, -0.25) is 0 Å². The van der Waals surface area contributed by atoms with Crippen LogP contribution in [0.1, 0.15) is 24.8 Å². The molecule has 1 aromatic carbocycles. The lowest BCUT2D eigenvalue weighted by Crippen LogP contribution is -2.40. The summed E-state index contributed by atoms with van der Waals surface area (Å²) in [5.41, 5.74) is 6.13. The third-order valence-corrected chi connectivity index (χ3v) is 5.83. The molecule has 1 saturated heterocycles. The molecule has 1 aromatic rings. The molecule has 0 spiro atoms. The molecule has 0 saturated carbocycles. The lowest BCUT2D eigenvalue weighted by atomic mass is 9.96. The average Bonchev–Trinajstić information content (AvgIpc) is 2.42. The first-order valence-electron chi connectivity index (χ1n) is 6.91. The van der Waals surface area contributed by atoms with Gasteiger partial charge in [0.05, 0.1) is 4.90 Å². The van der Waals surface area contributed by atoms with Crippen LogP contribution >= 0.6 is 12.4 Å². The van der Waals surface area contributed by atoms with E-state index < -0.39 is 15.8 Å². The highest BCUT2D eigenvalue weighted by Gasteiger charge is 2.31. The molecule has 0 aromatic heterocycles. The molecule has 1 heterocycles. The van der Waals surface area contributed by atoms with Crippen molar-refractivity contribution < 1.29 is 12.8 Å². The summed E-state index contributed by atoms with van der Waals surface area (Å²) in [6, 6.07) is 3.89. The number of nitrogens with two attached hydrogens (primary N) is 1. The normalized spacial score (nSPS) is 20.0. The quantitative estimate of drug-likeness (QED) is 0.917. The molecular formula is C14H22ClFN2O2S. The van der Waals surface area contributed by atoms with Gasteiger partial charge in [-0.2, -0.15) is 4.31 Å². The Labute approximate surface area is 132 Å². The molecule has 0 amide bonds. The van der Waals surface area contributed by atoms with Gasteiger partial charge in [-0.05, 0) is 56.3 Å². The first kappa shape index (κ1) is 18.4. The van der Waals surface area contributed by atoms with Crippen molar-refractivity contribution in [3.8, 4) is 0 Å². The second kappa shape index (κ2) is 7.54. The summed E-state index contributed by atoms with van der Waals surface area (Å²) in [5.74, 6) is -0.220. The molecule has 1 unspecified atom stereocenters. The highest BCUT2D eigenvalue weighted by atomic mass is 35.5. The Morgan fingerprint density at radius 1 is 1.43 bits per heavy atom. The van der Waals surface area contributed by atoms with E-state index in [1.54, 1.807) is 6.92 Å². The van der Waals surface area contributed by atoms with Crippen LogP contribution < -0.4 is 5.73 Å². The van der Waals surface area contributed by atoms with Gasteiger partial charge in [0.2, 0.25) is 10.0 Å². The molecule has 0 radical (unpaired) electrons. The number of halogens is 2. The van der Waals surface area contributed by atoms with Crippen molar-refractivity contribution in [2.75, 3.05) is 19.6 Å². The van der Waals surface area contributed by atoms with E-state index in [1.165, 1.54) is 16.4 Å². The molecule has 0 bridgehead atoms. The smallest absolute Gasteiger partial charge is 0.243 e. The van der Waals surface area contributed by atoms with Crippen molar-refractivity contribution in [3.63, 3.8) is 0 Å². The monoisotopic (exact) mass is 336 g/mol. The van der Waals surface area contributed by atoms with E-state index in [-0.39, 0.29) is 17.3 Å². The lowest BCUT2D eigenvalue weighted by Gasteiger charge is -2.32. The van der Waals surface area contributed by atoms with Gasteiger partial charge >= 0.3 is 0 Å². The van der Waals surface area contributed by atoms with Crippen LogP contribution in [-0.2, 0) is 10.0 Å². The summed E-state index contributed by atoms with van der Waals surface area (Å²) in [6.07, 6.45) is 2.66. The fraction of sp³-hybridized carbons (Fsp3) is 0.571. The molecule has 1 atom stereocenters. The molecule has 7 heteroatoms. The molecule has 4 nitrogen and oxygen atoms in total. The number of piperidine rings is 1. The molecule has 1 fully saturated rings. The van der Waals surface area contributed by atoms with Crippen LogP contribution in [0.4, 0.5) is 4.39 Å². The first-order chi connectivity index (χ1) is 9.45. The summed E-state index contributed by atoms with van der Waals surface area (Å²) < 4.78 is 40.1. The van der Waals surface area contributed by atoms with Gasteiger partial charge in [-0.25, -0.2) is 12.8 Å². The number of aryl methyl sites for hydroxylation is 1. The summed E-state index contributed by atoms with van der Waals surface area (Å²) in [6.45, 7) is 3.24. The minimum atomic E-state index is -3.61. The Morgan fingerprint density at radius 3 is 2.81 bits per heavy atom. The fourth-order valence-electron chi connectivity index (χ4n) is 2.71. The van der Waals surface area contributed by atoms with Crippen molar-refractivity contribution >= 4 is 22.4 Å². The summed E-state index contributed by atoms with van der Waals surface area (Å²) in [4.78, 5) is 0.0749. The maximum atomic E-state index is 13.3. The van der Waals surface area contributed by atoms with Crippen LogP contribution in [0.5, 0.6) is 0 Å². The van der Waals surface area contributed by atoms with E-state index in [0.717, 1.165) is 25.3 Å². The third kappa shape index (κ3) is 4.16. The Bertz CT molecular complexity index is 578. The van der Waals surface area contributed by atoms with Crippen LogP contribution in [0.15, 0.2) is 23.1 Å². The molecule has 1 aliphatic rings. The predicted octanol–water partition coefficient (Wildman–Crippen LogP) is 2.31. The number of rotatable bonds is 4. The third-order valence-electron chi connectivity index (χ3n) is 3.82. The predicted molar refractivity (Wildman–Crippen MR) is 83.5 cm³/mol. The van der Waals surface area contributed by atoms with Crippen LogP contribution in [0.3, 0.4) is 0 Å². The first-order valence-corrected chi connectivity index (χ1v) is 8.35. The van der Waals surface area contributed by atoms with Gasteiger partial charge in [0.25, 0.3) is 0 Å². The van der Waals surface area contributed by atoms with Crippen molar-refractivity contribution in [2.45, 2.75) is 31.1 Å². The number of hydrogen-bond donors (Lipinski definition) is 1. The highest BCUT2D eigenvalue weighted by molar-refractivity contribution is 7.89. The van der Waals surface area contributed by atoms with Gasteiger partial charge < -0.3 is 5.73 Å². The van der Waals surface area contributed by atoms with Crippen molar-refractivity contribution in [1.82, 2.24) is 4.31 Å². The second-order valence-corrected chi connectivity index (χ2v) is 7.26. The average molecular weight is 337 g/mol. The summed E-state index contributed by atoms with van der Waals surface area (Å²) in [7, 11) is -3.61.